The summed E-state index contributed by atoms with van der Waals surface area (Å²) >= 11 is 6.80. The molecule has 0 radical (unpaired) electrons. The predicted octanol–water partition coefficient (Wildman–Crippen LogP) is 5.86. The Hall–Kier alpha value is -5.67. The average Bonchev–Trinajstić information content (AvgIpc) is 3.97. The third-order valence-corrected chi connectivity index (χ3v) is 13.7. The van der Waals surface area contributed by atoms with Crippen LogP contribution < -0.4 is 30.5 Å². The lowest BCUT2D eigenvalue weighted by molar-refractivity contribution is -0.133. The summed E-state index contributed by atoms with van der Waals surface area (Å²) in [4.78, 5) is 55.0. The molecule has 3 N–H and O–H groups in total. The number of carbonyl (C=O) groups is 3. The molecule has 0 spiro atoms. The molecular formula is C45H52ClN11O4. The number of halogens is 1. The first-order valence-electron chi connectivity index (χ1n) is 21.7. The first-order valence-corrected chi connectivity index (χ1v) is 22.1. The highest BCUT2D eigenvalue weighted by Crippen LogP contribution is 2.38. The van der Waals surface area contributed by atoms with E-state index in [2.05, 4.69) is 58.5 Å². The van der Waals surface area contributed by atoms with Gasteiger partial charge < -0.3 is 24.4 Å². The number of pyridine rings is 1. The Morgan fingerprint density at radius 1 is 0.852 bits per heavy atom. The molecule has 3 saturated heterocycles. The Labute approximate surface area is 359 Å². The number of carbonyl (C=O) groups excluding carboxylic acids is 3. The normalized spacial score (nSPS) is 22.8. The first-order chi connectivity index (χ1) is 29.6. The van der Waals surface area contributed by atoms with Crippen molar-refractivity contribution >= 4 is 63.4 Å². The van der Waals surface area contributed by atoms with Crippen molar-refractivity contribution in [3.63, 3.8) is 0 Å². The minimum atomic E-state index is -0.446. The van der Waals surface area contributed by atoms with Gasteiger partial charge >= 0.3 is 0 Å². The van der Waals surface area contributed by atoms with Crippen LogP contribution in [0, 0.1) is 18.8 Å². The fourth-order valence-corrected chi connectivity index (χ4v) is 10.4. The summed E-state index contributed by atoms with van der Waals surface area (Å²) in [6, 6.07) is 16.1. The number of anilines is 4. The molecule has 7 heterocycles. The zero-order chi connectivity index (χ0) is 41.8. The summed E-state index contributed by atoms with van der Waals surface area (Å²) < 4.78 is 10.4. The van der Waals surface area contributed by atoms with Gasteiger partial charge in [-0.1, -0.05) is 11.6 Å². The molecule has 1 aliphatic carbocycles. The van der Waals surface area contributed by atoms with Gasteiger partial charge in [0.15, 0.2) is 0 Å². The van der Waals surface area contributed by atoms with E-state index in [4.69, 9.17) is 26.3 Å². The van der Waals surface area contributed by atoms with Crippen molar-refractivity contribution in [3.8, 4) is 17.1 Å². The van der Waals surface area contributed by atoms with Crippen LogP contribution in [-0.4, -0.2) is 105 Å². The molecule has 5 aromatic rings. The molecule has 1 saturated carbocycles. The maximum atomic E-state index is 14.0. The lowest BCUT2D eigenvalue weighted by Crippen LogP contribution is -2.53. The van der Waals surface area contributed by atoms with Crippen LogP contribution in [0.25, 0.3) is 22.3 Å². The highest BCUT2D eigenvalue weighted by atomic mass is 35.5. The maximum Gasteiger partial charge on any atom is 0.258 e. The number of amides is 3. The zero-order valence-electron chi connectivity index (χ0n) is 34.7. The van der Waals surface area contributed by atoms with Crippen molar-refractivity contribution < 1.29 is 19.1 Å². The van der Waals surface area contributed by atoms with E-state index in [0.717, 1.165) is 112 Å². The van der Waals surface area contributed by atoms with Crippen LogP contribution in [0.1, 0.15) is 61.0 Å². The van der Waals surface area contributed by atoms with Gasteiger partial charge in [0.25, 0.3) is 5.91 Å². The predicted molar refractivity (Wildman–Crippen MR) is 235 cm³/mol. The molecular weight excluding hydrogens is 794 g/mol. The number of aryl methyl sites for hydroxylation is 2. The summed E-state index contributed by atoms with van der Waals surface area (Å²) in [5, 5.41) is 14.0. The van der Waals surface area contributed by atoms with Gasteiger partial charge in [-0.3, -0.25) is 34.9 Å². The number of imidazole rings is 1. The van der Waals surface area contributed by atoms with Gasteiger partial charge in [-0.15, -0.1) is 0 Å². The number of piperazine rings is 1. The SMILES string of the molecule is Cc1cc2cc(n1)-c1cnn(C)c1OC[C@H]1CC[C@H](C1)Cn1c(nc3ccc(N4CCN(C5CCN(c6ccc(NC7CCC(=O)NC7=O)cc6Cl)CC5)CC4)cc31)NC2=O. The number of hydrogen-bond acceptors (Lipinski definition) is 11. The number of aromatic nitrogens is 5. The number of fused-ring (bicyclic) bond motifs is 9. The standard InChI is InChI=1S/C45H52ClN11O4/c1-27-19-30-21-38(48-27)34-24-47-53(2)44(34)61-26-29-4-3-28(20-29)25-57-40-23-33(6-7-36(40)50-45(57)52-42(30)59)55-17-15-54(16-18-55)32-11-13-56(14-12-32)39-9-5-31(22-35(39)46)49-37-8-10-41(58)51-43(37)60/h5-7,9,19,21-24,28-29,32,37,49H,3-4,8,10-18,20,25-26H2,1-2H3,(H,50,52,59)(H,51,58,60)/t28-,29+,37?/m1/s1. The monoisotopic (exact) mass is 845 g/mol. The van der Waals surface area contributed by atoms with Crippen LogP contribution in [0.4, 0.5) is 23.0 Å². The van der Waals surface area contributed by atoms with Crippen molar-refractivity contribution in [3.05, 3.63) is 71.0 Å². The molecule has 2 aromatic carbocycles. The largest absolute Gasteiger partial charge is 0.477 e. The van der Waals surface area contributed by atoms with E-state index in [0.29, 0.717) is 65.4 Å². The van der Waals surface area contributed by atoms with E-state index < -0.39 is 6.04 Å². The van der Waals surface area contributed by atoms with Gasteiger partial charge in [-0.25, -0.2) is 9.67 Å². The summed E-state index contributed by atoms with van der Waals surface area (Å²) in [6.45, 7) is 8.97. The second kappa shape index (κ2) is 16.3. The maximum absolute atomic E-state index is 14.0. The molecule has 3 atom stereocenters. The number of nitrogens with zero attached hydrogens (tertiary/aromatic N) is 8. The van der Waals surface area contributed by atoms with Crippen LogP contribution in [0.15, 0.2) is 54.7 Å². The molecule has 1 unspecified atom stereocenters. The number of nitrogens with one attached hydrogen (secondary N) is 3. The molecule has 4 fully saturated rings. The molecule has 3 aromatic heterocycles. The van der Waals surface area contributed by atoms with E-state index in [1.807, 2.05) is 44.3 Å². The fourth-order valence-electron chi connectivity index (χ4n) is 10.1. The Morgan fingerprint density at radius 3 is 2.48 bits per heavy atom. The van der Waals surface area contributed by atoms with Gasteiger partial charge in [-0.2, -0.15) is 5.10 Å². The van der Waals surface area contributed by atoms with Crippen molar-refractivity contribution in [1.29, 1.82) is 0 Å². The number of piperidine rings is 2. The molecule has 4 bridgehead atoms. The molecule has 61 heavy (non-hydrogen) atoms. The minimum Gasteiger partial charge on any atom is -0.477 e. The number of rotatable bonds is 5. The second-order valence-electron chi connectivity index (χ2n) is 17.5. The minimum absolute atomic E-state index is 0.226. The molecule has 318 valence electrons. The van der Waals surface area contributed by atoms with Crippen LogP contribution in [0.5, 0.6) is 5.88 Å². The highest BCUT2D eigenvalue weighted by molar-refractivity contribution is 6.33. The van der Waals surface area contributed by atoms with Crippen molar-refractivity contribution in [2.45, 2.75) is 70.5 Å². The van der Waals surface area contributed by atoms with Gasteiger partial charge in [0.1, 0.15) is 6.04 Å². The Bertz CT molecular complexity index is 2500. The number of ether oxygens (including phenoxy) is 1. The molecule has 3 amide bonds. The van der Waals surface area contributed by atoms with Gasteiger partial charge in [0, 0.05) is 88.0 Å². The summed E-state index contributed by atoms with van der Waals surface area (Å²) in [6.07, 6.45) is 7.89. The summed E-state index contributed by atoms with van der Waals surface area (Å²) in [7, 11) is 1.88. The molecule has 15 nitrogen and oxygen atoms in total. The first kappa shape index (κ1) is 39.5. The van der Waals surface area contributed by atoms with Crippen LogP contribution in [0.2, 0.25) is 5.02 Å². The van der Waals surface area contributed by atoms with E-state index >= 15 is 0 Å². The molecule has 5 aliphatic rings. The van der Waals surface area contributed by atoms with E-state index in [-0.39, 0.29) is 17.7 Å². The second-order valence-corrected chi connectivity index (χ2v) is 17.9. The number of benzene rings is 2. The lowest BCUT2D eigenvalue weighted by Gasteiger charge is -2.44. The number of imide groups is 1. The summed E-state index contributed by atoms with van der Waals surface area (Å²) in [5.41, 5.74) is 7.55. The van der Waals surface area contributed by atoms with E-state index in [1.54, 1.807) is 10.9 Å². The fraction of sp³-hybridized carbons (Fsp3) is 0.467. The lowest BCUT2D eigenvalue weighted by atomic mass is 10.0. The molecule has 10 rings (SSSR count). The van der Waals surface area contributed by atoms with Gasteiger partial charge in [0.2, 0.25) is 23.6 Å². The average molecular weight is 846 g/mol. The van der Waals surface area contributed by atoms with Crippen molar-refractivity contribution in [2.75, 3.05) is 66.3 Å². The Kier molecular flexibility index (Phi) is 10.6. The third kappa shape index (κ3) is 8.00. The van der Waals surface area contributed by atoms with Crippen LogP contribution in [-0.2, 0) is 23.2 Å². The van der Waals surface area contributed by atoms with Gasteiger partial charge in [-0.05, 0) is 106 Å². The van der Waals surface area contributed by atoms with Crippen molar-refractivity contribution in [1.82, 2.24) is 34.5 Å². The van der Waals surface area contributed by atoms with Crippen LogP contribution in [0.3, 0.4) is 0 Å². The van der Waals surface area contributed by atoms with Crippen LogP contribution >= 0.6 is 11.6 Å². The zero-order valence-corrected chi connectivity index (χ0v) is 35.5. The van der Waals surface area contributed by atoms with E-state index in [1.165, 1.54) is 5.69 Å². The molecule has 16 heteroatoms. The Morgan fingerprint density at radius 2 is 1.67 bits per heavy atom. The topological polar surface area (TPSA) is 155 Å². The quantitative estimate of drug-likeness (QED) is 0.182. The summed E-state index contributed by atoms with van der Waals surface area (Å²) in [5.74, 6) is 1.35. The number of hydrogen-bond donors (Lipinski definition) is 3. The van der Waals surface area contributed by atoms with Gasteiger partial charge in [0.05, 0.1) is 45.8 Å². The van der Waals surface area contributed by atoms with Crippen molar-refractivity contribution in [2.24, 2.45) is 18.9 Å². The Balaban J connectivity index is 0.808. The molecule has 4 aliphatic heterocycles. The highest BCUT2D eigenvalue weighted by Gasteiger charge is 2.32. The smallest absolute Gasteiger partial charge is 0.258 e. The van der Waals surface area contributed by atoms with E-state index in [9.17, 15) is 14.4 Å². The third-order valence-electron chi connectivity index (χ3n) is 13.4.